The molecule has 0 saturated carbocycles. The number of hydrogen-bond donors (Lipinski definition) is 1. The third kappa shape index (κ3) is 4.27. The lowest BCUT2D eigenvalue weighted by atomic mass is 10.1. The summed E-state index contributed by atoms with van der Waals surface area (Å²) in [6.07, 6.45) is 5.46. The van der Waals surface area contributed by atoms with E-state index in [-0.39, 0.29) is 5.91 Å². The molecular weight excluding hydrogens is 440 g/mol. The molecule has 0 radical (unpaired) electrons. The van der Waals surface area contributed by atoms with Gasteiger partial charge in [-0.05, 0) is 43.3 Å². The van der Waals surface area contributed by atoms with Crippen molar-refractivity contribution in [1.29, 1.82) is 0 Å². The molecule has 0 aliphatic carbocycles. The summed E-state index contributed by atoms with van der Waals surface area (Å²) in [7, 11) is 0. The quantitative estimate of drug-likeness (QED) is 0.443. The van der Waals surface area contributed by atoms with E-state index < -0.39 is 0 Å². The summed E-state index contributed by atoms with van der Waals surface area (Å²) < 4.78 is 7.39. The number of carbonyl (C=O) groups is 1. The fourth-order valence-electron chi connectivity index (χ4n) is 4.01. The van der Waals surface area contributed by atoms with Crippen molar-refractivity contribution in [3.63, 3.8) is 0 Å². The van der Waals surface area contributed by atoms with Crippen LogP contribution < -0.4 is 5.32 Å². The van der Waals surface area contributed by atoms with Crippen LogP contribution in [0.1, 0.15) is 17.3 Å². The van der Waals surface area contributed by atoms with Crippen molar-refractivity contribution < 1.29 is 9.53 Å². The van der Waals surface area contributed by atoms with E-state index in [1.807, 2.05) is 47.5 Å². The van der Waals surface area contributed by atoms with Gasteiger partial charge in [-0.2, -0.15) is 0 Å². The van der Waals surface area contributed by atoms with E-state index in [1.165, 1.54) is 0 Å². The number of morpholine rings is 1. The molecule has 168 valence electrons. The Bertz CT molecular complexity index is 1300. The molecule has 0 atom stereocenters. The minimum atomic E-state index is 0.0172. The van der Waals surface area contributed by atoms with E-state index in [1.54, 1.807) is 12.4 Å². The number of anilines is 2. The molecule has 4 heterocycles. The topological polar surface area (TPSA) is 85.2 Å². The molecule has 4 aromatic rings. The van der Waals surface area contributed by atoms with Gasteiger partial charge in [0, 0.05) is 60.4 Å². The van der Waals surface area contributed by atoms with Crippen LogP contribution in [0, 0.1) is 0 Å². The average molecular weight is 463 g/mol. The molecule has 1 aromatic carbocycles. The first-order chi connectivity index (χ1) is 16.1. The maximum Gasteiger partial charge on any atom is 0.254 e. The Morgan fingerprint density at radius 3 is 2.61 bits per heavy atom. The van der Waals surface area contributed by atoms with Crippen molar-refractivity contribution in [2.75, 3.05) is 31.6 Å². The maximum atomic E-state index is 12.6. The number of hydrogen-bond acceptors (Lipinski definition) is 6. The number of aromatic nitrogens is 4. The molecule has 1 amide bonds. The molecule has 0 bridgehead atoms. The van der Waals surface area contributed by atoms with Crippen molar-refractivity contribution in [2.24, 2.45) is 0 Å². The second kappa shape index (κ2) is 9.17. The summed E-state index contributed by atoms with van der Waals surface area (Å²) in [4.78, 5) is 27.7. The van der Waals surface area contributed by atoms with Crippen LogP contribution in [0.3, 0.4) is 0 Å². The minimum absolute atomic E-state index is 0.0172. The second-order valence-electron chi connectivity index (χ2n) is 7.70. The van der Waals surface area contributed by atoms with Gasteiger partial charge >= 0.3 is 0 Å². The number of carbonyl (C=O) groups excluding carboxylic acids is 1. The molecule has 8 nitrogen and oxygen atoms in total. The van der Waals surface area contributed by atoms with Crippen molar-refractivity contribution in [2.45, 2.75) is 13.5 Å². The Kier molecular flexibility index (Phi) is 5.93. The number of amides is 1. The Morgan fingerprint density at radius 1 is 1.09 bits per heavy atom. The molecule has 1 fully saturated rings. The van der Waals surface area contributed by atoms with Crippen molar-refractivity contribution >= 4 is 40.0 Å². The van der Waals surface area contributed by atoms with E-state index in [4.69, 9.17) is 21.3 Å². The zero-order valence-electron chi connectivity index (χ0n) is 18.2. The molecular formula is C24H23ClN6O2. The van der Waals surface area contributed by atoms with Crippen LogP contribution >= 0.6 is 11.6 Å². The Balaban J connectivity index is 1.38. The maximum absolute atomic E-state index is 12.6. The Hall–Kier alpha value is -3.49. The van der Waals surface area contributed by atoms with E-state index in [0.717, 1.165) is 34.4 Å². The molecule has 1 N–H and O–H groups in total. The Labute approximate surface area is 196 Å². The third-order valence-electron chi connectivity index (χ3n) is 5.70. The first-order valence-corrected chi connectivity index (χ1v) is 11.2. The van der Waals surface area contributed by atoms with E-state index >= 15 is 0 Å². The van der Waals surface area contributed by atoms with Crippen LogP contribution in [-0.4, -0.2) is 56.6 Å². The highest BCUT2D eigenvalue weighted by atomic mass is 35.5. The highest BCUT2D eigenvalue weighted by Gasteiger charge is 2.18. The van der Waals surface area contributed by atoms with Gasteiger partial charge in [0.05, 0.1) is 24.4 Å². The standard InChI is InChI=1S/C24H23ClN6O2/c1-2-30-15-19(18-7-9-26-22(25)21(18)30)20-8-10-27-24(29-20)28-17-5-3-16(4-6-17)23(32)31-11-13-33-14-12-31/h3-10,15H,2,11-14H2,1H3,(H,27,28,29). The molecule has 0 unspecified atom stereocenters. The average Bonchev–Trinajstić information content (AvgIpc) is 3.25. The van der Waals surface area contributed by atoms with Gasteiger partial charge in [0.2, 0.25) is 5.95 Å². The monoisotopic (exact) mass is 462 g/mol. The van der Waals surface area contributed by atoms with E-state index in [9.17, 15) is 4.79 Å². The minimum Gasteiger partial charge on any atom is -0.378 e. The Morgan fingerprint density at radius 2 is 1.85 bits per heavy atom. The number of halogens is 1. The highest BCUT2D eigenvalue weighted by molar-refractivity contribution is 6.34. The molecule has 5 rings (SSSR count). The summed E-state index contributed by atoms with van der Waals surface area (Å²) in [5.74, 6) is 0.487. The van der Waals surface area contributed by atoms with Crippen LogP contribution in [-0.2, 0) is 11.3 Å². The number of nitrogens with one attached hydrogen (secondary N) is 1. The van der Waals surface area contributed by atoms with Gasteiger partial charge in [0.1, 0.15) is 0 Å². The number of nitrogens with zero attached hydrogens (tertiary/aromatic N) is 5. The van der Waals surface area contributed by atoms with Crippen LogP contribution in [0.2, 0.25) is 5.15 Å². The summed E-state index contributed by atoms with van der Waals surface area (Å²) >= 11 is 6.35. The van der Waals surface area contributed by atoms with Crippen LogP contribution in [0.25, 0.3) is 22.2 Å². The highest BCUT2D eigenvalue weighted by Crippen LogP contribution is 2.33. The van der Waals surface area contributed by atoms with Gasteiger partial charge in [-0.3, -0.25) is 4.79 Å². The number of fused-ring (bicyclic) bond motifs is 1. The van der Waals surface area contributed by atoms with Gasteiger partial charge in [0.15, 0.2) is 5.15 Å². The molecule has 0 spiro atoms. The lowest BCUT2D eigenvalue weighted by Gasteiger charge is -2.26. The number of ether oxygens (including phenoxy) is 1. The zero-order valence-corrected chi connectivity index (χ0v) is 18.9. The predicted octanol–water partition coefficient (Wildman–Crippen LogP) is 4.38. The number of benzene rings is 1. The SMILES string of the molecule is CCn1cc(-c2ccnc(Nc3ccc(C(=O)N4CCOCC4)cc3)n2)c2ccnc(Cl)c21. The fraction of sp³-hybridized carbons (Fsp3) is 0.250. The van der Waals surface area contributed by atoms with Gasteiger partial charge in [-0.15, -0.1) is 0 Å². The number of aryl methyl sites for hydroxylation is 1. The lowest BCUT2D eigenvalue weighted by molar-refractivity contribution is 0.0303. The number of rotatable bonds is 5. The predicted molar refractivity (Wildman–Crippen MR) is 128 cm³/mol. The van der Waals surface area contributed by atoms with Crippen LogP contribution in [0.15, 0.2) is 55.0 Å². The fourth-order valence-corrected chi connectivity index (χ4v) is 4.27. The summed E-state index contributed by atoms with van der Waals surface area (Å²) in [6, 6.07) is 11.2. The van der Waals surface area contributed by atoms with Gasteiger partial charge in [0.25, 0.3) is 5.91 Å². The van der Waals surface area contributed by atoms with Crippen LogP contribution in [0.5, 0.6) is 0 Å². The third-order valence-corrected chi connectivity index (χ3v) is 5.98. The zero-order chi connectivity index (χ0) is 22.8. The normalized spacial score (nSPS) is 13.9. The van der Waals surface area contributed by atoms with Crippen molar-refractivity contribution in [3.05, 3.63) is 65.7 Å². The summed E-state index contributed by atoms with van der Waals surface area (Å²) in [5.41, 5.74) is 4.09. The molecule has 3 aromatic heterocycles. The van der Waals surface area contributed by atoms with Crippen molar-refractivity contribution in [3.8, 4) is 11.3 Å². The number of pyridine rings is 1. The van der Waals surface area contributed by atoms with Gasteiger partial charge < -0.3 is 19.5 Å². The smallest absolute Gasteiger partial charge is 0.254 e. The summed E-state index contributed by atoms with van der Waals surface area (Å²) in [6.45, 7) is 5.24. The summed E-state index contributed by atoms with van der Waals surface area (Å²) in [5, 5.41) is 4.69. The van der Waals surface area contributed by atoms with Gasteiger partial charge in [-0.25, -0.2) is 15.0 Å². The second-order valence-corrected chi connectivity index (χ2v) is 8.06. The molecule has 1 aliphatic heterocycles. The molecule has 1 saturated heterocycles. The first kappa shape index (κ1) is 21.4. The van der Waals surface area contributed by atoms with E-state index in [0.29, 0.717) is 43.0 Å². The first-order valence-electron chi connectivity index (χ1n) is 10.8. The van der Waals surface area contributed by atoms with E-state index in [2.05, 4.69) is 26.8 Å². The molecule has 33 heavy (non-hydrogen) atoms. The lowest BCUT2D eigenvalue weighted by Crippen LogP contribution is -2.40. The van der Waals surface area contributed by atoms with Crippen LogP contribution in [0.4, 0.5) is 11.6 Å². The van der Waals surface area contributed by atoms with Gasteiger partial charge in [-0.1, -0.05) is 11.6 Å². The molecule has 1 aliphatic rings. The van der Waals surface area contributed by atoms with Crippen molar-refractivity contribution in [1.82, 2.24) is 24.4 Å². The molecule has 9 heteroatoms. The largest absolute Gasteiger partial charge is 0.378 e.